The first-order chi connectivity index (χ1) is 6.16. The molecule has 0 radical (unpaired) electrons. The van der Waals surface area contributed by atoms with Crippen LogP contribution >= 0.6 is 0 Å². The highest BCUT2D eigenvalue weighted by atomic mass is 14.1. The molecule has 0 bridgehead atoms. The number of hydrogen-bond acceptors (Lipinski definition) is 0. The van der Waals surface area contributed by atoms with Gasteiger partial charge in [-0.15, -0.1) is 0 Å². The molecule has 0 aliphatic heterocycles. The van der Waals surface area contributed by atoms with Crippen LogP contribution in [0.25, 0.3) is 5.57 Å². The van der Waals surface area contributed by atoms with E-state index in [1.807, 2.05) is 12.1 Å². The van der Waals surface area contributed by atoms with Crippen LogP contribution in [0.5, 0.6) is 0 Å². The zero-order valence-electron chi connectivity index (χ0n) is 8.43. The van der Waals surface area contributed by atoms with Crippen LogP contribution in [-0.2, 0) is 0 Å². The molecule has 1 aromatic rings. The van der Waals surface area contributed by atoms with Gasteiger partial charge in [0.15, 0.2) is 0 Å². The van der Waals surface area contributed by atoms with Crippen molar-refractivity contribution in [3.63, 3.8) is 0 Å². The van der Waals surface area contributed by atoms with Crippen molar-refractivity contribution in [2.24, 2.45) is 0 Å². The Morgan fingerprint density at radius 1 is 1.23 bits per heavy atom. The summed E-state index contributed by atoms with van der Waals surface area (Å²) in [5.41, 5.74) is 4.67. The summed E-state index contributed by atoms with van der Waals surface area (Å²) in [6, 6.07) is 8.28. The van der Waals surface area contributed by atoms with Gasteiger partial charge >= 0.3 is 0 Å². The van der Waals surface area contributed by atoms with Crippen LogP contribution in [0.3, 0.4) is 0 Å². The van der Waals surface area contributed by atoms with Gasteiger partial charge in [-0.25, -0.2) is 0 Å². The Bertz CT molecular complexity index is 332. The Morgan fingerprint density at radius 3 is 2.38 bits per heavy atom. The van der Waals surface area contributed by atoms with Gasteiger partial charge in [0.05, 0.1) is 0 Å². The summed E-state index contributed by atoms with van der Waals surface area (Å²) in [7, 11) is 0. The number of benzene rings is 1. The summed E-state index contributed by atoms with van der Waals surface area (Å²) >= 11 is 0. The van der Waals surface area contributed by atoms with Crippen LogP contribution < -0.4 is 0 Å². The normalized spacial score (nSPS) is 9.69. The number of rotatable bonds is 3. The van der Waals surface area contributed by atoms with Crippen molar-refractivity contribution >= 4 is 5.57 Å². The lowest BCUT2D eigenvalue weighted by Crippen LogP contribution is -1.89. The third-order valence-corrected chi connectivity index (χ3v) is 2.32. The predicted octanol–water partition coefficient (Wildman–Crippen LogP) is 3.97. The van der Waals surface area contributed by atoms with E-state index in [2.05, 4.69) is 39.1 Å². The van der Waals surface area contributed by atoms with Crippen molar-refractivity contribution in [3.8, 4) is 0 Å². The monoisotopic (exact) mass is 172 g/mol. The molecule has 1 aromatic carbocycles. The second-order valence-corrected chi connectivity index (χ2v) is 3.25. The molecule has 0 atom stereocenters. The Hall–Kier alpha value is -1.30. The molecular formula is C13H16. The third-order valence-electron chi connectivity index (χ3n) is 2.32. The summed E-state index contributed by atoms with van der Waals surface area (Å²) in [6.45, 7) is 12.3. The molecule has 0 heterocycles. The first kappa shape index (κ1) is 9.79. The van der Waals surface area contributed by atoms with Gasteiger partial charge in [0.25, 0.3) is 0 Å². The highest BCUT2D eigenvalue weighted by molar-refractivity contribution is 5.78. The topological polar surface area (TPSA) is 0 Å². The van der Waals surface area contributed by atoms with E-state index in [0.717, 1.165) is 17.6 Å². The third kappa shape index (κ3) is 2.09. The van der Waals surface area contributed by atoms with Crippen molar-refractivity contribution < 1.29 is 0 Å². The van der Waals surface area contributed by atoms with Gasteiger partial charge in [0, 0.05) is 0 Å². The van der Waals surface area contributed by atoms with Gasteiger partial charge in [0.1, 0.15) is 0 Å². The number of allylic oxidation sites excluding steroid dienone is 2. The minimum atomic E-state index is 0.965. The largest absolute Gasteiger partial charge is 0.0952 e. The molecule has 0 heteroatoms. The molecule has 0 fully saturated rings. The molecule has 0 unspecified atom stereocenters. The molecule has 1 rings (SSSR count). The van der Waals surface area contributed by atoms with E-state index < -0.39 is 0 Å². The molecule has 0 N–H and O–H groups in total. The summed E-state index contributed by atoms with van der Waals surface area (Å²) in [5.74, 6) is 0. The quantitative estimate of drug-likeness (QED) is 0.605. The standard InChI is InChI=1S/C13H16/c1-5-10(2)12(4)13-9-7-6-8-11(13)3/h6-9H,2,4-5H2,1,3H3. The van der Waals surface area contributed by atoms with Gasteiger partial charge in [-0.05, 0) is 35.6 Å². The summed E-state index contributed by atoms with van der Waals surface area (Å²) < 4.78 is 0. The molecule has 0 aliphatic carbocycles. The maximum atomic E-state index is 4.06. The summed E-state index contributed by atoms with van der Waals surface area (Å²) in [4.78, 5) is 0. The molecule has 0 amide bonds. The molecule has 0 spiro atoms. The average Bonchev–Trinajstić information content (AvgIpc) is 2.16. The van der Waals surface area contributed by atoms with Crippen LogP contribution in [0.2, 0.25) is 0 Å². The minimum Gasteiger partial charge on any atom is -0.0952 e. The van der Waals surface area contributed by atoms with Crippen molar-refractivity contribution in [2.45, 2.75) is 20.3 Å². The van der Waals surface area contributed by atoms with Crippen molar-refractivity contribution in [1.29, 1.82) is 0 Å². The molecule has 0 saturated heterocycles. The van der Waals surface area contributed by atoms with E-state index in [-0.39, 0.29) is 0 Å². The van der Waals surface area contributed by atoms with E-state index in [4.69, 9.17) is 0 Å². The van der Waals surface area contributed by atoms with Gasteiger partial charge < -0.3 is 0 Å². The Kier molecular flexibility index (Phi) is 3.07. The smallest absolute Gasteiger partial charge is 0.0158 e. The van der Waals surface area contributed by atoms with Crippen molar-refractivity contribution in [1.82, 2.24) is 0 Å². The SMILES string of the molecule is C=C(CC)C(=C)c1ccccc1C. The average molecular weight is 172 g/mol. The van der Waals surface area contributed by atoms with Gasteiger partial charge in [-0.2, -0.15) is 0 Å². The van der Waals surface area contributed by atoms with Crippen LogP contribution in [0.4, 0.5) is 0 Å². The van der Waals surface area contributed by atoms with Crippen LogP contribution in [0.15, 0.2) is 43.0 Å². The van der Waals surface area contributed by atoms with E-state index in [9.17, 15) is 0 Å². The molecule has 13 heavy (non-hydrogen) atoms. The second-order valence-electron chi connectivity index (χ2n) is 3.25. The van der Waals surface area contributed by atoms with E-state index >= 15 is 0 Å². The zero-order chi connectivity index (χ0) is 9.84. The first-order valence-corrected chi connectivity index (χ1v) is 4.60. The van der Waals surface area contributed by atoms with E-state index in [1.165, 1.54) is 11.1 Å². The molecular weight excluding hydrogens is 156 g/mol. The highest BCUT2D eigenvalue weighted by Gasteiger charge is 2.03. The Balaban J connectivity index is 3.02. The van der Waals surface area contributed by atoms with Gasteiger partial charge in [-0.1, -0.05) is 44.3 Å². The lowest BCUT2D eigenvalue weighted by atomic mass is 9.95. The van der Waals surface area contributed by atoms with Crippen LogP contribution in [0, 0.1) is 6.92 Å². The van der Waals surface area contributed by atoms with Crippen LogP contribution in [-0.4, -0.2) is 0 Å². The maximum absolute atomic E-state index is 4.06. The Labute approximate surface area is 80.6 Å². The predicted molar refractivity (Wildman–Crippen MR) is 59.6 cm³/mol. The Morgan fingerprint density at radius 2 is 1.85 bits per heavy atom. The molecule has 0 nitrogen and oxygen atoms in total. The molecule has 0 aliphatic rings. The fraction of sp³-hybridized carbons (Fsp3) is 0.231. The molecule has 0 saturated carbocycles. The van der Waals surface area contributed by atoms with E-state index in [0.29, 0.717) is 0 Å². The fourth-order valence-corrected chi connectivity index (χ4v) is 1.32. The number of aryl methyl sites for hydroxylation is 1. The van der Waals surface area contributed by atoms with Gasteiger partial charge in [-0.3, -0.25) is 0 Å². The van der Waals surface area contributed by atoms with Crippen molar-refractivity contribution in [3.05, 3.63) is 54.1 Å². The van der Waals surface area contributed by atoms with Crippen LogP contribution in [0.1, 0.15) is 24.5 Å². The second kappa shape index (κ2) is 4.08. The van der Waals surface area contributed by atoms with Crippen molar-refractivity contribution in [2.75, 3.05) is 0 Å². The fourth-order valence-electron chi connectivity index (χ4n) is 1.32. The highest BCUT2D eigenvalue weighted by Crippen LogP contribution is 2.24. The summed E-state index contributed by atoms with van der Waals surface area (Å²) in [5, 5.41) is 0. The lowest BCUT2D eigenvalue weighted by molar-refractivity contribution is 1.16. The number of hydrogen-bond donors (Lipinski definition) is 0. The molecule has 68 valence electrons. The van der Waals surface area contributed by atoms with Gasteiger partial charge in [0.2, 0.25) is 0 Å². The molecule has 0 aromatic heterocycles. The zero-order valence-corrected chi connectivity index (χ0v) is 8.43. The maximum Gasteiger partial charge on any atom is -0.0158 e. The first-order valence-electron chi connectivity index (χ1n) is 4.60. The minimum absolute atomic E-state index is 0.965. The summed E-state index contributed by atoms with van der Waals surface area (Å²) in [6.07, 6.45) is 0.965. The lowest BCUT2D eigenvalue weighted by Gasteiger charge is -2.09. The van der Waals surface area contributed by atoms with E-state index in [1.54, 1.807) is 0 Å².